The first kappa shape index (κ1) is 13.0. The molecule has 2 N–H and O–H groups in total. The van der Waals surface area contributed by atoms with Crippen LogP contribution in [0.25, 0.3) is 0 Å². The molecule has 2 heteroatoms. The molecular weight excluding hydrogens is 246 g/mol. The van der Waals surface area contributed by atoms with Crippen molar-refractivity contribution >= 4 is 5.69 Å². The van der Waals surface area contributed by atoms with Crippen molar-refractivity contribution in [3.8, 4) is 5.75 Å². The van der Waals surface area contributed by atoms with Crippen molar-refractivity contribution in [1.82, 2.24) is 0 Å². The Hall–Kier alpha value is -1.96. The van der Waals surface area contributed by atoms with Gasteiger partial charge in [0.15, 0.2) is 0 Å². The third-order valence-electron chi connectivity index (χ3n) is 4.31. The number of hydrogen-bond donors (Lipinski definition) is 1. The largest absolute Gasteiger partial charge is 0.497 e. The summed E-state index contributed by atoms with van der Waals surface area (Å²) in [6.45, 7) is 0. The van der Waals surface area contributed by atoms with E-state index >= 15 is 0 Å². The summed E-state index contributed by atoms with van der Waals surface area (Å²) in [6.07, 6.45) is 4.62. The van der Waals surface area contributed by atoms with E-state index in [4.69, 9.17) is 10.5 Å². The average molecular weight is 267 g/mol. The second-order valence-corrected chi connectivity index (χ2v) is 5.56. The van der Waals surface area contributed by atoms with Gasteiger partial charge in [0.1, 0.15) is 5.75 Å². The molecule has 1 atom stereocenters. The maximum absolute atomic E-state index is 6.15. The van der Waals surface area contributed by atoms with Crippen molar-refractivity contribution in [2.75, 3.05) is 12.8 Å². The molecule has 1 aliphatic rings. The summed E-state index contributed by atoms with van der Waals surface area (Å²) in [5.74, 6) is 1.49. The van der Waals surface area contributed by atoms with Crippen molar-refractivity contribution in [1.29, 1.82) is 0 Å². The van der Waals surface area contributed by atoms with Crippen LogP contribution in [0.15, 0.2) is 42.5 Å². The van der Waals surface area contributed by atoms with Crippen LogP contribution in [-0.2, 0) is 12.8 Å². The molecule has 0 fully saturated rings. The Bertz CT molecular complexity index is 606. The summed E-state index contributed by atoms with van der Waals surface area (Å²) in [6, 6.07) is 14.7. The topological polar surface area (TPSA) is 35.2 Å². The van der Waals surface area contributed by atoms with Crippen LogP contribution in [-0.4, -0.2) is 7.11 Å². The Balaban J connectivity index is 1.92. The molecule has 2 aromatic rings. The van der Waals surface area contributed by atoms with Crippen LogP contribution in [0.4, 0.5) is 5.69 Å². The van der Waals surface area contributed by atoms with Gasteiger partial charge in [-0.05, 0) is 66.5 Å². The average Bonchev–Trinajstić information content (AvgIpc) is 2.69. The Kier molecular flexibility index (Phi) is 3.64. The fourth-order valence-corrected chi connectivity index (χ4v) is 3.22. The lowest BCUT2D eigenvalue weighted by Crippen LogP contribution is -2.05. The molecule has 0 radical (unpaired) electrons. The van der Waals surface area contributed by atoms with Crippen molar-refractivity contribution in [3.05, 3.63) is 59.2 Å². The van der Waals surface area contributed by atoms with Gasteiger partial charge in [-0.3, -0.25) is 0 Å². The lowest BCUT2D eigenvalue weighted by molar-refractivity contribution is 0.414. The van der Waals surface area contributed by atoms with Crippen LogP contribution in [0.3, 0.4) is 0 Å². The third-order valence-corrected chi connectivity index (χ3v) is 4.31. The van der Waals surface area contributed by atoms with Gasteiger partial charge in [0, 0.05) is 5.69 Å². The number of anilines is 1. The molecule has 0 aliphatic heterocycles. The van der Waals surface area contributed by atoms with Gasteiger partial charge >= 0.3 is 0 Å². The minimum Gasteiger partial charge on any atom is -0.497 e. The lowest BCUT2D eigenvalue weighted by Gasteiger charge is -2.17. The minimum atomic E-state index is 0.533. The van der Waals surface area contributed by atoms with E-state index in [1.54, 1.807) is 7.11 Å². The second-order valence-electron chi connectivity index (χ2n) is 5.56. The van der Waals surface area contributed by atoms with Crippen LogP contribution in [0.2, 0.25) is 0 Å². The number of fused-ring (bicyclic) bond motifs is 1. The smallest absolute Gasteiger partial charge is 0.119 e. The maximum atomic E-state index is 6.15. The van der Waals surface area contributed by atoms with Crippen molar-refractivity contribution in [3.63, 3.8) is 0 Å². The van der Waals surface area contributed by atoms with Crippen LogP contribution >= 0.6 is 0 Å². The van der Waals surface area contributed by atoms with Gasteiger partial charge in [-0.25, -0.2) is 0 Å². The molecule has 20 heavy (non-hydrogen) atoms. The number of benzene rings is 2. The predicted molar refractivity (Wildman–Crippen MR) is 83.2 cm³/mol. The zero-order valence-electron chi connectivity index (χ0n) is 11.9. The number of rotatable bonds is 2. The fraction of sp³-hybridized carbons (Fsp3) is 0.333. The van der Waals surface area contributed by atoms with E-state index in [0.29, 0.717) is 5.92 Å². The molecule has 0 saturated carbocycles. The van der Waals surface area contributed by atoms with Gasteiger partial charge in [-0.2, -0.15) is 0 Å². The Morgan fingerprint density at radius 1 is 1.10 bits per heavy atom. The summed E-state index contributed by atoms with van der Waals surface area (Å²) in [5, 5.41) is 0. The van der Waals surface area contributed by atoms with Gasteiger partial charge in [0.2, 0.25) is 0 Å². The molecule has 0 saturated heterocycles. The number of ether oxygens (including phenoxy) is 1. The Morgan fingerprint density at radius 3 is 2.75 bits per heavy atom. The molecule has 2 nitrogen and oxygen atoms in total. The molecule has 1 unspecified atom stereocenters. The summed E-state index contributed by atoms with van der Waals surface area (Å²) in [7, 11) is 1.73. The molecular formula is C18H21NO. The SMILES string of the molecule is COc1ccc2c(c1)CCCC(c1ccccc1N)C2. The first-order valence-corrected chi connectivity index (χ1v) is 7.28. The van der Waals surface area contributed by atoms with E-state index in [0.717, 1.165) is 24.3 Å². The monoisotopic (exact) mass is 267 g/mol. The highest BCUT2D eigenvalue weighted by Crippen LogP contribution is 2.35. The van der Waals surface area contributed by atoms with E-state index in [1.165, 1.54) is 29.5 Å². The maximum Gasteiger partial charge on any atom is 0.119 e. The predicted octanol–water partition coefficient (Wildman–Crippen LogP) is 3.94. The van der Waals surface area contributed by atoms with Crippen molar-refractivity contribution < 1.29 is 4.74 Å². The number of hydrogen-bond acceptors (Lipinski definition) is 2. The molecule has 0 spiro atoms. The highest BCUT2D eigenvalue weighted by atomic mass is 16.5. The van der Waals surface area contributed by atoms with E-state index in [-0.39, 0.29) is 0 Å². The normalized spacial score (nSPS) is 18.1. The highest BCUT2D eigenvalue weighted by molar-refractivity contribution is 5.49. The molecule has 104 valence electrons. The quantitative estimate of drug-likeness (QED) is 0.660. The lowest BCUT2D eigenvalue weighted by atomic mass is 9.89. The summed E-state index contributed by atoms with van der Waals surface area (Å²) < 4.78 is 5.33. The van der Waals surface area contributed by atoms with Crippen LogP contribution < -0.4 is 10.5 Å². The van der Waals surface area contributed by atoms with E-state index in [2.05, 4.69) is 30.3 Å². The van der Waals surface area contributed by atoms with Crippen LogP contribution in [0, 0.1) is 0 Å². The fourth-order valence-electron chi connectivity index (χ4n) is 3.22. The van der Waals surface area contributed by atoms with Gasteiger partial charge in [-0.15, -0.1) is 0 Å². The number of nitrogen functional groups attached to an aromatic ring is 1. The number of aryl methyl sites for hydroxylation is 1. The van der Waals surface area contributed by atoms with Crippen LogP contribution in [0.5, 0.6) is 5.75 Å². The number of para-hydroxylation sites is 1. The van der Waals surface area contributed by atoms with Crippen molar-refractivity contribution in [2.45, 2.75) is 31.6 Å². The van der Waals surface area contributed by atoms with E-state index in [1.807, 2.05) is 12.1 Å². The minimum absolute atomic E-state index is 0.533. The Morgan fingerprint density at radius 2 is 1.95 bits per heavy atom. The zero-order chi connectivity index (χ0) is 13.9. The molecule has 2 aromatic carbocycles. The summed E-state index contributed by atoms with van der Waals surface area (Å²) in [5.41, 5.74) is 11.2. The van der Waals surface area contributed by atoms with Gasteiger partial charge in [0.05, 0.1) is 7.11 Å². The van der Waals surface area contributed by atoms with Gasteiger partial charge in [-0.1, -0.05) is 24.3 Å². The van der Waals surface area contributed by atoms with E-state index in [9.17, 15) is 0 Å². The molecule has 0 aromatic heterocycles. The molecule has 0 amide bonds. The first-order chi connectivity index (χ1) is 9.78. The molecule has 0 heterocycles. The number of methoxy groups -OCH3 is 1. The van der Waals surface area contributed by atoms with Gasteiger partial charge < -0.3 is 10.5 Å². The summed E-state index contributed by atoms with van der Waals surface area (Å²) in [4.78, 5) is 0. The van der Waals surface area contributed by atoms with Gasteiger partial charge in [0.25, 0.3) is 0 Å². The Labute approximate surface area is 120 Å². The summed E-state index contributed by atoms with van der Waals surface area (Å²) >= 11 is 0. The third kappa shape index (κ3) is 2.51. The highest BCUT2D eigenvalue weighted by Gasteiger charge is 2.20. The van der Waals surface area contributed by atoms with E-state index < -0.39 is 0 Å². The molecule has 0 bridgehead atoms. The zero-order valence-corrected chi connectivity index (χ0v) is 11.9. The van der Waals surface area contributed by atoms with Crippen molar-refractivity contribution in [2.24, 2.45) is 0 Å². The second kappa shape index (κ2) is 5.58. The first-order valence-electron chi connectivity index (χ1n) is 7.28. The van der Waals surface area contributed by atoms with Crippen LogP contribution in [0.1, 0.15) is 35.4 Å². The molecule has 1 aliphatic carbocycles. The molecule has 3 rings (SSSR count). The standard InChI is InChI=1S/C18H21NO/c1-20-16-10-9-14-11-15(6-4-5-13(14)12-16)17-7-2-3-8-18(17)19/h2-3,7-10,12,15H,4-6,11,19H2,1H3. The number of nitrogens with two attached hydrogens (primary N) is 1.